The zero-order chi connectivity index (χ0) is 29.9. The van der Waals surface area contributed by atoms with Crippen molar-refractivity contribution < 1.29 is 22.8 Å². The second kappa shape index (κ2) is 12.5. The summed E-state index contributed by atoms with van der Waals surface area (Å²) in [5, 5.41) is 5.12. The van der Waals surface area contributed by atoms with Crippen molar-refractivity contribution in [3.05, 3.63) is 70.5 Å². The van der Waals surface area contributed by atoms with Gasteiger partial charge in [0.1, 0.15) is 0 Å². The van der Waals surface area contributed by atoms with E-state index >= 15 is 0 Å². The number of hydrogen-bond acceptors (Lipinski definition) is 9. The number of nitrogens with one attached hydrogen (secondary N) is 2. The molecular weight excluding hydrogens is 567 g/mol. The Bertz CT molecular complexity index is 1500. The largest absolute Gasteiger partial charge is 0.416 e. The third-order valence-corrected chi connectivity index (χ3v) is 7.90. The van der Waals surface area contributed by atoms with Gasteiger partial charge in [-0.15, -0.1) is 0 Å². The Hall–Kier alpha value is -3.97. The predicted octanol–water partition coefficient (Wildman–Crippen LogP) is 4.95. The van der Waals surface area contributed by atoms with Gasteiger partial charge in [0.25, 0.3) is 11.1 Å². The Balaban J connectivity index is 1.19. The normalized spacial score (nSPS) is 17.2. The van der Waals surface area contributed by atoms with E-state index in [2.05, 4.69) is 30.5 Å². The zero-order valence-electron chi connectivity index (χ0n) is 23.1. The van der Waals surface area contributed by atoms with E-state index in [4.69, 9.17) is 0 Å². The number of imide groups is 1. The topological polar surface area (TPSA) is 103 Å². The molecule has 0 spiro atoms. The Morgan fingerprint density at radius 3 is 2.60 bits per heavy atom. The van der Waals surface area contributed by atoms with Gasteiger partial charge in [0.2, 0.25) is 5.95 Å². The van der Waals surface area contributed by atoms with Crippen LogP contribution in [0.25, 0.3) is 17.3 Å². The number of pyridine rings is 1. The fourth-order valence-corrected chi connectivity index (χ4v) is 5.49. The number of benzene rings is 1. The van der Waals surface area contributed by atoms with Crippen molar-refractivity contribution in [2.24, 2.45) is 5.92 Å². The van der Waals surface area contributed by atoms with Gasteiger partial charge in [0, 0.05) is 51.2 Å². The summed E-state index contributed by atoms with van der Waals surface area (Å²) >= 11 is 0.838. The number of thioether (sulfide) groups is 1. The number of rotatable bonds is 8. The highest BCUT2D eigenvalue weighted by Crippen LogP contribution is 2.33. The van der Waals surface area contributed by atoms with Crippen molar-refractivity contribution in [1.82, 2.24) is 25.6 Å². The number of anilines is 2. The van der Waals surface area contributed by atoms with Crippen molar-refractivity contribution in [3.63, 3.8) is 0 Å². The maximum absolute atomic E-state index is 13.7. The van der Waals surface area contributed by atoms with E-state index < -0.39 is 22.9 Å². The summed E-state index contributed by atoms with van der Waals surface area (Å²) in [6, 6.07) is 11.2. The molecule has 0 atom stereocenters. The van der Waals surface area contributed by atoms with Crippen molar-refractivity contribution in [2.45, 2.75) is 25.6 Å². The van der Waals surface area contributed by atoms with Crippen LogP contribution >= 0.6 is 11.8 Å². The van der Waals surface area contributed by atoms with E-state index in [0.717, 1.165) is 42.4 Å². The molecule has 2 aliphatic heterocycles. The molecule has 0 saturated carbocycles. The van der Waals surface area contributed by atoms with Crippen molar-refractivity contribution in [2.75, 3.05) is 43.5 Å². The van der Waals surface area contributed by atoms with Crippen LogP contribution in [0, 0.1) is 5.92 Å². The first-order valence-electron chi connectivity index (χ1n) is 13.4. The molecule has 2 fully saturated rings. The lowest BCUT2D eigenvalue weighted by molar-refractivity contribution is -0.137. The molecule has 0 radical (unpaired) electrons. The molecule has 220 valence electrons. The molecule has 2 N–H and O–H groups in total. The zero-order valence-corrected chi connectivity index (χ0v) is 23.9. The van der Waals surface area contributed by atoms with Crippen LogP contribution in [0.2, 0.25) is 0 Å². The van der Waals surface area contributed by atoms with E-state index in [-0.39, 0.29) is 12.2 Å². The average molecular weight is 598 g/mol. The summed E-state index contributed by atoms with van der Waals surface area (Å²) in [4.78, 5) is 40.9. The number of carbonyl (C=O) groups excluding carboxylic acids is 2. The fourth-order valence-electron chi connectivity index (χ4n) is 4.82. The van der Waals surface area contributed by atoms with E-state index in [1.807, 2.05) is 37.2 Å². The molecule has 2 saturated heterocycles. The summed E-state index contributed by atoms with van der Waals surface area (Å²) in [6.45, 7) is 2.30. The highest BCUT2D eigenvalue weighted by molar-refractivity contribution is 8.18. The SMILES string of the molecule is CN(C)c1cccc(-c2cc(C(F)(F)F)cc(CNCC3CCN(c4nccc(C=C5SC(=O)NC5=O)n4)CC3)n2)c1. The predicted molar refractivity (Wildman–Crippen MR) is 157 cm³/mol. The minimum Gasteiger partial charge on any atom is -0.378 e. The molecule has 3 aromatic rings. The molecule has 42 heavy (non-hydrogen) atoms. The Morgan fingerprint density at radius 1 is 1.12 bits per heavy atom. The van der Waals surface area contributed by atoms with E-state index in [9.17, 15) is 22.8 Å². The summed E-state index contributed by atoms with van der Waals surface area (Å²) in [7, 11) is 3.75. The number of amides is 2. The first-order valence-corrected chi connectivity index (χ1v) is 14.3. The first kappa shape index (κ1) is 29.5. The van der Waals surface area contributed by atoms with Crippen LogP contribution in [0.3, 0.4) is 0 Å². The Labute approximate surface area is 245 Å². The van der Waals surface area contributed by atoms with Gasteiger partial charge in [-0.1, -0.05) is 12.1 Å². The lowest BCUT2D eigenvalue weighted by atomic mass is 9.97. The van der Waals surface area contributed by atoms with Crippen LogP contribution in [-0.2, 0) is 17.5 Å². The van der Waals surface area contributed by atoms with Crippen LogP contribution in [0.5, 0.6) is 0 Å². The molecule has 2 aliphatic rings. The summed E-state index contributed by atoms with van der Waals surface area (Å²) in [6.07, 6.45) is 0.418. The maximum atomic E-state index is 13.7. The summed E-state index contributed by atoms with van der Waals surface area (Å²) in [5.41, 5.74) is 1.95. The van der Waals surface area contributed by atoms with Gasteiger partial charge in [-0.05, 0) is 73.5 Å². The maximum Gasteiger partial charge on any atom is 0.416 e. The number of piperidine rings is 1. The third kappa shape index (κ3) is 7.26. The molecule has 4 heterocycles. The lowest BCUT2D eigenvalue weighted by Gasteiger charge is -2.32. The Kier molecular flexibility index (Phi) is 8.78. The van der Waals surface area contributed by atoms with Gasteiger partial charge in [0.05, 0.1) is 27.6 Å². The van der Waals surface area contributed by atoms with Crippen LogP contribution < -0.4 is 20.4 Å². The van der Waals surface area contributed by atoms with Crippen LogP contribution in [-0.4, -0.2) is 59.8 Å². The second-order valence-electron chi connectivity index (χ2n) is 10.4. The molecule has 2 aromatic heterocycles. The number of nitrogens with zero attached hydrogens (tertiary/aromatic N) is 5. The minimum atomic E-state index is -4.48. The molecule has 0 bridgehead atoms. The van der Waals surface area contributed by atoms with E-state index in [1.54, 1.807) is 24.4 Å². The van der Waals surface area contributed by atoms with Crippen molar-refractivity contribution >= 4 is 40.6 Å². The van der Waals surface area contributed by atoms with E-state index in [1.165, 1.54) is 0 Å². The van der Waals surface area contributed by atoms with Gasteiger partial charge in [-0.2, -0.15) is 13.2 Å². The van der Waals surface area contributed by atoms with Crippen molar-refractivity contribution in [3.8, 4) is 11.3 Å². The van der Waals surface area contributed by atoms with Gasteiger partial charge in [0.15, 0.2) is 0 Å². The summed E-state index contributed by atoms with van der Waals surface area (Å²) < 4.78 is 41.1. The fraction of sp³-hybridized carbons (Fsp3) is 0.345. The highest BCUT2D eigenvalue weighted by Gasteiger charge is 2.32. The molecular formula is C29H30F3N7O2S. The van der Waals surface area contributed by atoms with Gasteiger partial charge in [-0.25, -0.2) is 9.97 Å². The molecule has 2 amide bonds. The molecule has 0 aliphatic carbocycles. The average Bonchev–Trinajstić information content (AvgIpc) is 3.28. The highest BCUT2D eigenvalue weighted by atomic mass is 32.2. The standard InChI is InChI=1S/C29H30F3N7O2S/c1-38(2)23-5-3-4-19(12-23)24-14-20(29(30,31)32)13-22(35-24)17-33-16-18-7-10-39(11-8-18)27-34-9-6-21(36-27)15-25-26(40)37-28(41)42-25/h3-6,9,12-15,18,33H,7-8,10-11,16-17H2,1-2H3,(H,37,40,41). The monoisotopic (exact) mass is 597 g/mol. The van der Waals surface area contributed by atoms with E-state index in [0.29, 0.717) is 53.4 Å². The third-order valence-electron chi connectivity index (χ3n) is 7.09. The van der Waals surface area contributed by atoms with Crippen LogP contribution in [0.1, 0.15) is 29.8 Å². The van der Waals surface area contributed by atoms with Gasteiger partial charge in [-0.3, -0.25) is 19.9 Å². The molecule has 13 heteroatoms. The van der Waals surface area contributed by atoms with Crippen LogP contribution in [0.15, 0.2) is 53.6 Å². The Morgan fingerprint density at radius 2 is 1.90 bits per heavy atom. The molecule has 0 unspecified atom stereocenters. The minimum absolute atomic E-state index is 0.221. The molecule has 1 aromatic carbocycles. The lowest BCUT2D eigenvalue weighted by Crippen LogP contribution is -2.38. The second-order valence-corrected chi connectivity index (χ2v) is 11.4. The number of halogens is 3. The molecule has 5 rings (SSSR count). The number of alkyl halides is 3. The van der Waals surface area contributed by atoms with Crippen LogP contribution in [0.4, 0.5) is 29.6 Å². The molecule has 9 nitrogen and oxygen atoms in total. The quantitative estimate of drug-likeness (QED) is 0.349. The first-order chi connectivity index (χ1) is 20.0. The summed E-state index contributed by atoms with van der Waals surface area (Å²) in [5.74, 6) is 0.441. The number of aromatic nitrogens is 3. The smallest absolute Gasteiger partial charge is 0.378 e. The van der Waals surface area contributed by atoms with Crippen molar-refractivity contribution in [1.29, 1.82) is 0 Å². The number of carbonyl (C=O) groups is 2. The van der Waals surface area contributed by atoms with Gasteiger partial charge < -0.3 is 15.1 Å². The van der Waals surface area contributed by atoms with Gasteiger partial charge >= 0.3 is 6.18 Å². The number of hydrogen-bond donors (Lipinski definition) is 2.